The van der Waals surface area contributed by atoms with Crippen LogP contribution in [0.3, 0.4) is 0 Å². The van der Waals surface area contributed by atoms with Crippen LogP contribution in [0.5, 0.6) is 0 Å². The first kappa shape index (κ1) is 15.1. The molecular weight excluding hydrogens is 316 g/mol. The van der Waals surface area contributed by atoms with Gasteiger partial charge in [-0.15, -0.1) is 0 Å². The molecule has 2 aliphatic heterocycles. The maximum Gasteiger partial charge on any atom is 0.240 e. The van der Waals surface area contributed by atoms with E-state index in [9.17, 15) is 8.42 Å². The monoisotopic (exact) mass is 336 g/mol. The Kier molecular flexibility index (Phi) is 3.68. The predicted molar refractivity (Wildman–Crippen MR) is 85.7 cm³/mol. The van der Waals surface area contributed by atoms with E-state index >= 15 is 0 Å². The molecule has 1 spiro atoms. The van der Waals surface area contributed by atoms with Crippen LogP contribution < -0.4 is 10.0 Å². The molecule has 0 amide bonds. The summed E-state index contributed by atoms with van der Waals surface area (Å²) in [6, 6.07) is 6.62. The van der Waals surface area contributed by atoms with E-state index in [1.807, 2.05) is 0 Å². The zero-order valence-corrected chi connectivity index (χ0v) is 13.6. The lowest BCUT2D eigenvalue weighted by Crippen LogP contribution is -2.32. The van der Waals surface area contributed by atoms with Crippen LogP contribution in [0.25, 0.3) is 11.0 Å². The Hall–Kier alpha value is -1.41. The second-order valence-electron chi connectivity index (χ2n) is 6.54. The van der Waals surface area contributed by atoms with Crippen molar-refractivity contribution in [3.63, 3.8) is 0 Å². The van der Waals surface area contributed by atoms with Gasteiger partial charge in [-0.05, 0) is 43.7 Å². The zero-order valence-electron chi connectivity index (χ0n) is 12.7. The summed E-state index contributed by atoms with van der Waals surface area (Å²) < 4.78 is 38.6. The summed E-state index contributed by atoms with van der Waals surface area (Å²) in [6.07, 6.45) is 3.51. The van der Waals surface area contributed by atoms with Crippen molar-refractivity contribution in [2.24, 2.45) is 5.41 Å². The average Bonchev–Trinajstić information content (AvgIpc) is 3.27. The van der Waals surface area contributed by atoms with Crippen LogP contribution in [0.1, 0.15) is 12.8 Å². The fraction of sp³-hybridized carbons (Fsp3) is 0.500. The highest BCUT2D eigenvalue weighted by atomic mass is 32.2. The van der Waals surface area contributed by atoms with Gasteiger partial charge in [0.15, 0.2) is 0 Å². The molecule has 6 nitrogen and oxygen atoms in total. The van der Waals surface area contributed by atoms with E-state index in [-0.39, 0.29) is 16.4 Å². The van der Waals surface area contributed by atoms with Gasteiger partial charge in [0.1, 0.15) is 5.58 Å². The van der Waals surface area contributed by atoms with Gasteiger partial charge in [-0.25, -0.2) is 13.1 Å². The van der Waals surface area contributed by atoms with Crippen LogP contribution in [0.15, 0.2) is 39.8 Å². The van der Waals surface area contributed by atoms with Crippen molar-refractivity contribution in [2.75, 3.05) is 26.2 Å². The van der Waals surface area contributed by atoms with E-state index in [0.29, 0.717) is 18.7 Å². The predicted octanol–water partition coefficient (Wildman–Crippen LogP) is 1.48. The summed E-state index contributed by atoms with van der Waals surface area (Å²) in [4.78, 5) is 0.252. The summed E-state index contributed by atoms with van der Waals surface area (Å²) in [7, 11) is -3.54. The second kappa shape index (κ2) is 5.59. The molecule has 2 aromatic rings. The Morgan fingerprint density at radius 3 is 3.09 bits per heavy atom. The topological polar surface area (TPSA) is 80.6 Å². The molecule has 2 aliphatic rings. The number of ether oxygens (including phenoxy) is 1. The Morgan fingerprint density at radius 2 is 2.26 bits per heavy atom. The Morgan fingerprint density at radius 1 is 1.35 bits per heavy atom. The van der Waals surface area contributed by atoms with Crippen molar-refractivity contribution < 1.29 is 17.6 Å². The van der Waals surface area contributed by atoms with Crippen LogP contribution in [0.2, 0.25) is 0 Å². The van der Waals surface area contributed by atoms with Crippen LogP contribution in [0, 0.1) is 5.41 Å². The van der Waals surface area contributed by atoms with Crippen LogP contribution >= 0.6 is 0 Å². The zero-order chi connectivity index (χ0) is 15.9. The first-order chi connectivity index (χ1) is 11.1. The molecule has 1 aromatic carbocycles. The fourth-order valence-electron chi connectivity index (χ4n) is 3.52. The lowest BCUT2D eigenvalue weighted by Gasteiger charge is -2.18. The Bertz CT molecular complexity index is 808. The summed E-state index contributed by atoms with van der Waals surface area (Å²) in [5, 5.41) is 4.14. The number of furan rings is 1. The SMILES string of the molecule is O=S(=O)(NCC1CC2(CCNC2)CO1)c1ccc2occc2c1. The molecule has 124 valence electrons. The third-order valence-corrected chi connectivity index (χ3v) is 6.27. The number of fused-ring (bicyclic) bond motifs is 1. The fourth-order valence-corrected chi connectivity index (χ4v) is 4.62. The highest BCUT2D eigenvalue weighted by molar-refractivity contribution is 7.89. The van der Waals surface area contributed by atoms with E-state index in [1.54, 1.807) is 30.5 Å². The lowest BCUT2D eigenvalue weighted by atomic mass is 9.85. The van der Waals surface area contributed by atoms with Gasteiger partial charge in [-0.1, -0.05) is 0 Å². The van der Waals surface area contributed by atoms with E-state index in [1.165, 1.54) is 0 Å². The summed E-state index contributed by atoms with van der Waals surface area (Å²) >= 11 is 0. The highest BCUT2D eigenvalue weighted by Crippen LogP contribution is 2.37. The molecule has 2 unspecified atom stereocenters. The number of rotatable bonds is 4. The largest absolute Gasteiger partial charge is 0.464 e. The first-order valence-electron chi connectivity index (χ1n) is 7.86. The van der Waals surface area contributed by atoms with Crippen molar-refractivity contribution >= 4 is 21.0 Å². The molecule has 4 rings (SSSR count). The van der Waals surface area contributed by atoms with Gasteiger partial charge in [0.2, 0.25) is 10.0 Å². The highest BCUT2D eigenvalue weighted by Gasteiger charge is 2.42. The van der Waals surface area contributed by atoms with Crippen molar-refractivity contribution in [1.29, 1.82) is 0 Å². The number of nitrogens with one attached hydrogen (secondary N) is 2. The second-order valence-corrected chi connectivity index (χ2v) is 8.30. The smallest absolute Gasteiger partial charge is 0.240 e. The van der Waals surface area contributed by atoms with Crippen LogP contribution in [-0.4, -0.2) is 40.8 Å². The van der Waals surface area contributed by atoms with E-state index < -0.39 is 10.0 Å². The standard InChI is InChI=1S/C16H20N2O4S/c19-23(20,14-1-2-15-12(7-14)3-6-21-15)18-9-13-8-16(11-22-13)4-5-17-10-16/h1-3,6-7,13,17-18H,4-5,8-11H2. The third kappa shape index (κ3) is 2.89. The van der Waals surface area contributed by atoms with Crippen molar-refractivity contribution in [3.8, 4) is 0 Å². The first-order valence-corrected chi connectivity index (χ1v) is 9.34. The summed E-state index contributed by atoms with van der Waals surface area (Å²) in [5.74, 6) is 0. The molecule has 2 saturated heterocycles. The minimum atomic E-state index is -3.54. The molecule has 2 N–H and O–H groups in total. The molecule has 2 fully saturated rings. The summed E-state index contributed by atoms with van der Waals surface area (Å²) in [6.45, 7) is 3.01. The van der Waals surface area contributed by atoms with Crippen molar-refractivity contribution in [1.82, 2.24) is 10.0 Å². The van der Waals surface area contributed by atoms with Crippen molar-refractivity contribution in [2.45, 2.75) is 23.8 Å². The minimum Gasteiger partial charge on any atom is -0.464 e. The van der Waals surface area contributed by atoms with Gasteiger partial charge in [0, 0.05) is 23.9 Å². The van der Waals surface area contributed by atoms with Gasteiger partial charge >= 0.3 is 0 Å². The van der Waals surface area contributed by atoms with Crippen LogP contribution in [0.4, 0.5) is 0 Å². The molecule has 23 heavy (non-hydrogen) atoms. The quantitative estimate of drug-likeness (QED) is 0.884. The van der Waals surface area contributed by atoms with Gasteiger partial charge in [0.25, 0.3) is 0 Å². The van der Waals surface area contributed by atoms with Gasteiger partial charge in [0.05, 0.1) is 23.9 Å². The van der Waals surface area contributed by atoms with Gasteiger partial charge < -0.3 is 14.5 Å². The maximum absolute atomic E-state index is 12.5. The number of hydrogen-bond donors (Lipinski definition) is 2. The molecule has 7 heteroatoms. The molecule has 0 bridgehead atoms. The van der Waals surface area contributed by atoms with E-state index in [4.69, 9.17) is 9.15 Å². The van der Waals surface area contributed by atoms with Gasteiger partial charge in [-0.3, -0.25) is 0 Å². The molecule has 0 aliphatic carbocycles. The molecule has 2 atom stereocenters. The van der Waals surface area contributed by atoms with E-state index in [2.05, 4.69) is 10.0 Å². The number of sulfonamides is 1. The summed E-state index contributed by atoms with van der Waals surface area (Å²) in [5.41, 5.74) is 0.880. The molecular formula is C16H20N2O4S. The third-order valence-electron chi connectivity index (χ3n) is 4.85. The van der Waals surface area contributed by atoms with Gasteiger partial charge in [-0.2, -0.15) is 0 Å². The maximum atomic E-state index is 12.5. The van der Waals surface area contributed by atoms with Crippen LogP contribution in [-0.2, 0) is 14.8 Å². The average molecular weight is 336 g/mol. The normalized spacial score (nSPS) is 28.1. The minimum absolute atomic E-state index is 0.0534. The number of benzene rings is 1. The molecule has 3 heterocycles. The Balaban J connectivity index is 1.43. The van der Waals surface area contributed by atoms with E-state index in [0.717, 1.165) is 31.3 Å². The van der Waals surface area contributed by atoms with Crippen molar-refractivity contribution in [3.05, 3.63) is 30.5 Å². The molecule has 0 saturated carbocycles. The molecule has 0 radical (unpaired) electrons. The molecule has 1 aromatic heterocycles. The Labute approximate surface area is 135 Å². The lowest BCUT2D eigenvalue weighted by molar-refractivity contribution is 0.100. The number of hydrogen-bond acceptors (Lipinski definition) is 5.